The standard InChI is InChI=1S/C20H19F2N5O3/c1-25-10-14(8-23-25)30-19-15(21)5-12(6-16(19)22)11-29-17-7-18-26-4-2-3-13(26)9-27(18)20(28)24-17/h5-8,10,13H,2-4,9,11H2,1H3/t13-/m1/s1. The van der Waals surface area contributed by atoms with Crippen LogP contribution in [0, 0.1) is 11.6 Å². The van der Waals surface area contributed by atoms with Gasteiger partial charge in [0.25, 0.3) is 0 Å². The number of halogens is 2. The summed E-state index contributed by atoms with van der Waals surface area (Å²) in [7, 11) is 1.67. The maximum absolute atomic E-state index is 14.4. The molecule has 2 aliphatic rings. The monoisotopic (exact) mass is 415 g/mol. The number of nitrogens with zero attached hydrogens (tertiary/aromatic N) is 5. The van der Waals surface area contributed by atoms with Gasteiger partial charge in [0.1, 0.15) is 12.4 Å². The van der Waals surface area contributed by atoms with Gasteiger partial charge in [-0.1, -0.05) is 0 Å². The van der Waals surface area contributed by atoms with Crippen LogP contribution in [0.4, 0.5) is 14.6 Å². The van der Waals surface area contributed by atoms with Crippen LogP contribution >= 0.6 is 0 Å². The second-order valence-electron chi connectivity index (χ2n) is 7.46. The Morgan fingerprint density at radius 2 is 2.03 bits per heavy atom. The Morgan fingerprint density at radius 1 is 1.23 bits per heavy atom. The lowest BCUT2D eigenvalue weighted by atomic mass is 10.2. The third-order valence-corrected chi connectivity index (χ3v) is 5.38. The first-order valence-electron chi connectivity index (χ1n) is 9.63. The van der Waals surface area contributed by atoms with Crippen molar-refractivity contribution in [3.05, 3.63) is 58.3 Å². The lowest BCUT2D eigenvalue weighted by Gasteiger charge is -2.17. The van der Waals surface area contributed by atoms with Gasteiger partial charge in [0.15, 0.2) is 23.1 Å². The first-order chi connectivity index (χ1) is 14.5. The molecule has 5 rings (SSSR count). The largest absolute Gasteiger partial charge is 0.473 e. The fourth-order valence-corrected chi connectivity index (χ4v) is 4.01. The van der Waals surface area contributed by atoms with E-state index in [1.165, 1.54) is 17.1 Å². The summed E-state index contributed by atoms with van der Waals surface area (Å²) in [5.74, 6) is -1.10. The number of aromatic nitrogens is 4. The Kier molecular flexibility index (Phi) is 4.41. The van der Waals surface area contributed by atoms with E-state index < -0.39 is 17.4 Å². The lowest BCUT2D eigenvalue weighted by Crippen LogP contribution is -2.24. The van der Waals surface area contributed by atoms with Crippen LogP contribution < -0.4 is 20.1 Å². The normalized spacial score (nSPS) is 17.2. The summed E-state index contributed by atoms with van der Waals surface area (Å²) in [5, 5.41) is 3.89. The Morgan fingerprint density at radius 3 is 2.77 bits per heavy atom. The highest BCUT2D eigenvalue weighted by Gasteiger charge is 2.34. The fourth-order valence-electron chi connectivity index (χ4n) is 4.01. The van der Waals surface area contributed by atoms with Crippen LogP contribution in [0.2, 0.25) is 0 Å². The van der Waals surface area contributed by atoms with E-state index in [-0.39, 0.29) is 29.5 Å². The van der Waals surface area contributed by atoms with E-state index in [1.807, 2.05) is 0 Å². The number of ether oxygens (including phenoxy) is 2. The number of anilines is 1. The zero-order chi connectivity index (χ0) is 20.8. The second-order valence-corrected chi connectivity index (χ2v) is 7.46. The van der Waals surface area contributed by atoms with E-state index in [9.17, 15) is 13.6 Å². The van der Waals surface area contributed by atoms with Crippen LogP contribution in [0.25, 0.3) is 0 Å². The van der Waals surface area contributed by atoms with Crippen LogP contribution in [0.1, 0.15) is 18.4 Å². The third-order valence-electron chi connectivity index (χ3n) is 5.38. The highest BCUT2D eigenvalue weighted by atomic mass is 19.1. The molecule has 0 saturated carbocycles. The Bertz CT molecular complexity index is 1150. The Hall–Kier alpha value is -3.43. The summed E-state index contributed by atoms with van der Waals surface area (Å²) in [4.78, 5) is 18.4. The number of aryl methyl sites for hydroxylation is 1. The van der Waals surface area contributed by atoms with Crippen LogP contribution in [0.5, 0.6) is 17.4 Å². The van der Waals surface area contributed by atoms with Crippen molar-refractivity contribution in [1.82, 2.24) is 19.3 Å². The maximum Gasteiger partial charge on any atom is 0.352 e. The number of rotatable bonds is 5. The number of hydrogen-bond acceptors (Lipinski definition) is 6. The number of benzene rings is 1. The van der Waals surface area contributed by atoms with Gasteiger partial charge in [-0.3, -0.25) is 9.25 Å². The van der Waals surface area contributed by atoms with Crippen molar-refractivity contribution in [2.24, 2.45) is 7.05 Å². The van der Waals surface area contributed by atoms with Gasteiger partial charge < -0.3 is 14.4 Å². The van der Waals surface area contributed by atoms with Crippen molar-refractivity contribution < 1.29 is 18.3 Å². The molecule has 1 saturated heterocycles. The lowest BCUT2D eigenvalue weighted by molar-refractivity contribution is 0.289. The molecule has 1 atom stereocenters. The summed E-state index contributed by atoms with van der Waals surface area (Å²) < 4.78 is 42.7. The van der Waals surface area contributed by atoms with Crippen molar-refractivity contribution in [1.29, 1.82) is 0 Å². The van der Waals surface area contributed by atoms with Gasteiger partial charge in [-0.05, 0) is 30.5 Å². The second kappa shape index (κ2) is 7.12. The van der Waals surface area contributed by atoms with E-state index in [4.69, 9.17) is 9.47 Å². The molecule has 1 aromatic carbocycles. The summed E-state index contributed by atoms with van der Waals surface area (Å²) in [5.41, 5.74) is -0.125. The van der Waals surface area contributed by atoms with Crippen molar-refractivity contribution in [2.75, 3.05) is 11.4 Å². The molecule has 3 aromatic rings. The van der Waals surface area contributed by atoms with Gasteiger partial charge in [0, 0.05) is 32.2 Å². The molecule has 8 nitrogen and oxygen atoms in total. The third kappa shape index (κ3) is 3.27. The van der Waals surface area contributed by atoms with Gasteiger partial charge in [-0.15, -0.1) is 0 Å². The fraction of sp³-hybridized carbons (Fsp3) is 0.350. The smallest absolute Gasteiger partial charge is 0.352 e. The van der Waals surface area contributed by atoms with Crippen LogP contribution in [0.3, 0.4) is 0 Å². The molecule has 1 fully saturated rings. The average Bonchev–Trinajstić information content (AvgIpc) is 3.40. The van der Waals surface area contributed by atoms with Gasteiger partial charge in [-0.25, -0.2) is 13.6 Å². The molecule has 0 bridgehead atoms. The molecule has 0 amide bonds. The highest BCUT2D eigenvalue weighted by molar-refractivity contribution is 5.48. The van der Waals surface area contributed by atoms with E-state index in [2.05, 4.69) is 15.0 Å². The molecule has 4 heterocycles. The van der Waals surface area contributed by atoms with Crippen molar-refractivity contribution in [3.8, 4) is 17.4 Å². The highest BCUT2D eigenvalue weighted by Crippen LogP contribution is 2.33. The minimum Gasteiger partial charge on any atom is -0.473 e. The molecular weight excluding hydrogens is 396 g/mol. The van der Waals surface area contributed by atoms with Gasteiger partial charge in [0.05, 0.1) is 12.4 Å². The van der Waals surface area contributed by atoms with E-state index >= 15 is 0 Å². The van der Waals surface area contributed by atoms with E-state index in [0.29, 0.717) is 12.6 Å². The molecule has 0 radical (unpaired) electrons. The van der Waals surface area contributed by atoms with Crippen molar-refractivity contribution >= 4 is 5.82 Å². The average molecular weight is 415 g/mol. The Labute approximate surface area is 170 Å². The molecule has 0 spiro atoms. The summed E-state index contributed by atoms with van der Waals surface area (Å²) in [6.45, 7) is 1.39. The molecule has 0 aliphatic carbocycles. The zero-order valence-electron chi connectivity index (χ0n) is 16.2. The number of hydrogen-bond donors (Lipinski definition) is 0. The predicted molar refractivity (Wildman–Crippen MR) is 103 cm³/mol. The molecule has 2 aliphatic heterocycles. The van der Waals surface area contributed by atoms with Crippen LogP contribution in [-0.4, -0.2) is 31.9 Å². The summed E-state index contributed by atoms with van der Waals surface area (Å²) in [6, 6.07) is 4.29. The van der Waals surface area contributed by atoms with Gasteiger partial charge in [0.2, 0.25) is 5.88 Å². The van der Waals surface area contributed by atoms with Gasteiger partial charge >= 0.3 is 5.69 Å². The topological polar surface area (TPSA) is 74.4 Å². The van der Waals surface area contributed by atoms with Crippen LogP contribution in [0.15, 0.2) is 35.4 Å². The first-order valence-corrected chi connectivity index (χ1v) is 9.63. The summed E-state index contributed by atoms with van der Waals surface area (Å²) in [6.07, 6.45) is 4.99. The van der Waals surface area contributed by atoms with Gasteiger partial charge in [-0.2, -0.15) is 10.1 Å². The molecule has 30 heavy (non-hydrogen) atoms. The molecular formula is C20H19F2N5O3. The SMILES string of the molecule is Cn1cc(Oc2c(F)cc(COc3cc4n(c(=O)n3)C[C@H]3CCCN43)cc2F)cn1. The zero-order valence-corrected chi connectivity index (χ0v) is 16.2. The molecule has 10 heteroatoms. The minimum atomic E-state index is -0.862. The Balaban J connectivity index is 1.33. The van der Waals surface area contributed by atoms with E-state index in [0.717, 1.165) is 37.3 Å². The minimum absolute atomic E-state index is 0.135. The van der Waals surface area contributed by atoms with E-state index in [1.54, 1.807) is 17.7 Å². The predicted octanol–water partition coefficient (Wildman–Crippen LogP) is 2.61. The quantitative estimate of drug-likeness (QED) is 0.638. The number of fused-ring (bicyclic) bond motifs is 3. The molecule has 0 N–H and O–H groups in total. The summed E-state index contributed by atoms with van der Waals surface area (Å²) >= 11 is 0. The van der Waals surface area contributed by atoms with Crippen LogP contribution in [-0.2, 0) is 20.2 Å². The van der Waals surface area contributed by atoms with Crippen molar-refractivity contribution in [3.63, 3.8) is 0 Å². The maximum atomic E-state index is 14.4. The van der Waals surface area contributed by atoms with Crippen molar-refractivity contribution in [2.45, 2.75) is 32.0 Å². The molecule has 0 unspecified atom stereocenters. The molecule has 2 aromatic heterocycles. The molecule has 156 valence electrons. The first kappa shape index (κ1) is 18.6.